The Morgan fingerprint density at radius 2 is 1.90 bits per heavy atom. The minimum absolute atomic E-state index is 0.00243. The Bertz CT molecular complexity index is 1990. The summed E-state index contributed by atoms with van der Waals surface area (Å²) >= 11 is 5.79. The number of nitriles is 1. The van der Waals surface area contributed by atoms with Gasteiger partial charge >= 0.3 is 5.97 Å². The molecule has 2 atom stereocenters. The second-order valence-corrected chi connectivity index (χ2v) is 13.1. The topological polar surface area (TPSA) is 126 Å². The van der Waals surface area contributed by atoms with E-state index in [0.29, 0.717) is 43.7 Å². The number of halogens is 3. The van der Waals surface area contributed by atoms with Gasteiger partial charge in [-0.05, 0) is 62.1 Å². The lowest BCUT2D eigenvalue weighted by atomic mass is 9.83. The fraction of sp³-hybridized carbons (Fsp3) is 0.400. The third-order valence-electron chi connectivity index (χ3n) is 9.25. The van der Waals surface area contributed by atoms with Crippen LogP contribution in [0.3, 0.4) is 0 Å². The molecule has 4 aromatic rings. The molecule has 1 aromatic carbocycles. The average Bonchev–Trinajstić information content (AvgIpc) is 3.72. The van der Waals surface area contributed by atoms with E-state index >= 15 is 0 Å². The Labute approximate surface area is 280 Å². The van der Waals surface area contributed by atoms with Gasteiger partial charge in [0.25, 0.3) is 0 Å². The van der Waals surface area contributed by atoms with E-state index in [1.54, 1.807) is 6.07 Å². The highest BCUT2D eigenvalue weighted by atomic mass is 35.5. The maximum atomic E-state index is 14.5. The number of fused-ring (bicyclic) bond motifs is 1. The van der Waals surface area contributed by atoms with Gasteiger partial charge < -0.3 is 19.1 Å². The van der Waals surface area contributed by atoms with E-state index in [-0.39, 0.29) is 40.5 Å². The molecule has 0 spiro atoms. The Hall–Kier alpha value is -4.78. The summed E-state index contributed by atoms with van der Waals surface area (Å²) in [5, 5.41) is 19.2. The number of nitrogens with zero attached hydrogens (tertiary/aromatic N) is 6. The molecular formula is C35H31ClF2N6O4. The Kier molecular flexibility index (Phi) is 8.63. The number of likely N-dealkylation sites (tertiary alicyclic amines) is 1. The van der Waals surface area contributed by atoms with Gasteiger partial charge in [0, 0.05) is 42.6 Å². The van der Waals surface area contributed by atoms with Crippen molar-refractivity contribution in [2.24, 2.45) is 11.3 Å². The van der Waals surface area contributed by atoms with E-state index in [2.05, 4.69) is 32.4 Å². The summed E-state index contributed by atoms with van der Waals surface area (Å²) in [6, 6.07) is 12.7. The second kappa shape index (κ2) is 13.0. The molecule has 0 radical (unpaired) electrons. The van der Waals surface area contributed by atoms with E-state index in [4.69, 9.17) is 31.0 Å². The zero-order valence-electron chi connectivity index (χ0n) is 25.8. The Morgan fingerprint density at radius 1 is 1.08 bits per heavy atom. The lowest BCUT2D eigenvalue weighted by molar-refractivity contribution is -0.140. The van der Waals surface area contributed by atoms with E-state index < -0.39 is 29.4 Å². The molecule has 3 aliphatic rings. The van der Waals surface area contributed by atoms with Gasteiger partial charge in [-0.15, -0.1) is 0 Å². The first-order chi connectivity index (χ1) is 23.2. The largest absolute Gasteiger partial charge is 0.484 e. The maximum absolute atomic E-state index is 14.5. The number of aliphatic carboxylic acids is 1. The van der Waals surface area contributed by atoms with Crippen molar-refractivity contribution >= 4 is 28.7 Å². The molecule has 0 bridgehead atoms. The van der Waals surface area contributed by atoms with Crippen LogP contribution in [0.4, 0.5) is 8.78 Å². The van der Waals surface area contributed by atoms with E-state index in [0.717, 1.165) is 43.3 Å². The number of carboxylic acids is 1. The third kappa shape index (κ3) is 6.64. The van der Waals surface area contributed by atoms with Crippen LogP contribution in [0.5, 0.6) is 11.6 Å². The third-order valence-corrected chi connectivity index (χ3v) is 9.48. The molecule has 246 valence electrons. The maximum Gasteiger partial charge on any atom is 0.320 e. The zero-order valence-corrected chi connectivity index (χ0v) is 26.6. The van der Waals surface area contributed by atoms with Gasteiger partial charge in [-0.2, -0.15) is 5.26 Å². The fourth-order valence-electron chi connectivity index (χ4n) is 6.22. The minimum Gasteiger partial charge on any atom is -0.484 e. The first kappa shape index (κ1) is 31.8. The lowest BCUT2D eigenvalue weighted by Crippen LogP contribution is -2.38. The molecule has 13 heteroatoms. The van der Waals surface area contributed by atoms with Gasteiger partial charge in [-0.1, -0.05) is 23.4 Å². The molecule has 1 saturated carbocycles. The summed E-state index contributed by atoms with van der Waals surface area (Å²) in [5.74, 6) is 3.29. The number of aromatic nitrogens is 4. The van der Waals surface area contributed by atoms with E-state index in [1.807, 2.05) is 6.07 Å². The molecule has 0 amide bonds. The van der Waals surface area contributed by atoms with Crippen LogP contribution < -0.4 is 9.47 Å². The second-order valence-electron chi connectivity index (χ2n) is 12.6. The molecule has 7 rings (SSSR count). The molecule has 3 aromatic heterocycles. The molecule has 2 aliphatic carbocycles. The SMILES string of the molecule is N#CCC1(Cn2c(CN3CCC(Oc4ccc(F)c(COc5ccc(Cl)cc5F)n4)CC3)nc3ccc(C4C#CC4C(=O)O)nc32)CC1. The monoisotopic (exact) mass is 672 g/mol. The van der Waals surface area contributed by atoms with Crippen molar-refractivity contribution in [3.63, 3.8) is 0 Å². The number of piperidine rings is 1. The van der Waals surface area contributed by atoms with E-state index in [1.165, 1.54) is 24.3 Å². The van der Waals surface area contributed by atoms with Gasteiger partial charge in [-0.25, -0.2) is 23.7 Å². The Morgan fingerprint density at radius 3 is 2.58 bits per heavy atom. The summed E-state index contributed by atoms with van der Waals surface area (Å²) in [6.07, 6.45) is 3.65. The van der Waals surface area contributed by atoms with Crippen molar-refractivity contribution in [2.75, 3.05) is 13.1 Å². The van der Waals surface area contributed by atoms with Crippen molar-refractivity contribution in [3.8, 4) is 29.5 Å². The number of benzene rings is 1. The van der Waals surface area contributed by atoms with Crippen LogP contribution in [-0.4, -0.2) is 54.7 Å². The number of imidazole rings is 1. The van der Waals surface area contributed by atoms with Crippen LogP contribution in [0, 0.1) is 46.1 Å². The van der Waals surface area contributed by atoms with E-state index in [9.17, 15) is 23.9 Å². The van der Waals surface area contributed by atoms with Gasteiger partial charge in [0.1, 0.15) is 41.5 Å². The summed E-state index contributed by atoms with van der Waals surface area (Å²) < 4.78 is 42.3. The number of pyridine rings is 2. The van der Waals surface area contributed by atoms with Gasteiger partial charge in [-0.3, -0.25) is 9.69 Å². The zero-order chi connectivity index (χ0) is 33.4. The van der Waals surface area contributed by atoms with Crippen molar-refractivity contribution in [2.45, 2.75) is 63.8 Å². The molecule has 4 heterocycles. The van der Waals surface area contributed by atoms with Crippen LogP contribution in [-0.2, 0) is 24.5 Å². The minimum atomic E-state index is -0.955. The van der Waals surface area contributed by atoms with Crippen molar-refractivity contribution in [1.82, 2.24) is 24.4 Å². The number of hydrogen-bond acceptors (Lipinski definition) is 8. The van der Waals surface area contributed by atoms with Gasteiger partial charge in [0.05, 0.1) is 24.2 Å². The number of carboxylic acid groups (broad SMARTS) is 1. The average molecular weight is 673 g/mol. The van der Waals surface area contributed by atoms with Crippen molar-refractivity contribution < 1.29 is 28.2 Å². The number of carbonyl (C=O) groups is 1. The number of hydrogen-bond donors (Lipinski definition) is 1. The molecule has 2 fully saturated rings. The van der Waals surface area contributed by atoms with Crippen molar-refractivity contribution in [3.05, 3.63) is 76.3 Å². The summed E-state index contributed by atoms with van der Waals surface area (Å²) in [6.45, 7) is 2.36. The molecule has 48 heavy (non-hydrogen) atoms. The quantitative estimate of drug-likeness (QED) is 0.184. The van der Waals surface area contributed by atoms with Gasteiger partial charge in [0.2, 0.25) is 5.88 Å². The lowest BCUT2D eigenvalue weighted by Gasteiger charge is -2.32. The van der Waals surface area contributed by atoms with Crippen LogP contribution in [0.15, 0.2) is 42.5 Å². The standard InChI is InChI=1S/C35H31ClF2N6O4/c36-21-1-7-30(26(38)17-21)47-19-29-25(37)4-8-32(41-29)48-22-9-15-43(16-10-22)18-31-40-28-6-5-27(23-2-3-24(23)34(45)46)42-33(28)44(31)20-35(11-12-35)13-14-39/h1,4-8,17,22-24H,9-13,15-16,18-20H2,(H,45,46). The van der Waals surface area contributed by atoms with Crippen LogP contribution in [0.1, 0.15) is 55.2 Å². The molecule has 1 N–H and O–H groups in total. The molecule has 10 nitrogen and oxygen atoms in total. The predicted molar refractivity (Wildman–Crippen MR) is 170 cm³/mol. The Balaban J connectivity index is 1.02. The smallest absolute Gasteiger partial charge is 0.320 e. The predicted octanol–water partition coefficient (Wildman–Crippen LogP) is 5.88. The number of ether oxygens (including phenoxy) is 2. The van der Waals surface area contributed by atoms with Crippen LogP contribution in [0.25, 0.3) is 11.2 Å². The molecule has 1 saturated heterocycles. The highest BCUT2D eigenvalue weighted by Gasteiger charge is 2.44. The highest BCUT2D eigenvalue weighted by Crippen LogP contribution is 2.50. The molecule has 1 aliphatic heterocycles. The fourth-order valence-corrected chi connectivity index (χ4v) is 6.38. The van der Waals surface area contributed by atoms with Crippen LogP contribution >= 0.6 is 11.6 Å². The van der Waals surface area contributed by atoms with Crippen LogP contribution in [0.2, 0.25) is 5.02 Å². The van der Waals surface area contributed by atoms with Gasteiger partial charge in [0.15, 0.2) is 17.2 Å². The van der Waals surface area contributed by atoms with Crippen molar-refractivity contribution in [1.29, 1.82) is 5.26 Å². The number of rotatable bonds is 12. The first-order valence-electron chi connectivity index (χ1n) is 15.8. The molecule has 2 unspecified atom stereocenters. The highest BCUT2D eigenvalue weighted by molar-refractivity contribution is 6.30. The first-order valence-corrected chi connectivity index (χ1v) is 16.2. The summed E-state index contributed by atoms with van der Waals surface area (Å²) in [4.78, 5) is 28.0. The normalized spacial score (nSPS) is 20.0. The molecular weight excluding hydrogens is 642 g/mol. The summed E-state index contributed by atoms with van der Waals surface area (Å²) in [5.41, 5.74) is 1.92. The summed E-state index contributed by atoms with van der Waals surface area (Å²) in [7, 11) is 0.